The minimum Gasteiger partial charge on any atom is -0.312 e. The van der Waals surface area contributed by atoms with Crippen molar-refractivity contribution in [3.63, 3.8) is 0 Å². The van der Waals surface area contributed by atoms with E-state index in [9.17, 15) is 0 Å². The first-order chi connectivity index (χ1) is 7.59. The van der Waals surface area contributed by atoms with Gasteiger partial charge in [-0.1, -0.05) is 13.8 Å². The third-order valence-electron chi connectivity index (χ3n) is 4.36. The van der Waals surface area contributed by atoms with Gasteiger partial charge in [0.2, 0.25) is 0 Å². The van der Waals surface area contributed by atoms with E-state index in [0.29, 0.717) is 0 Å². The zero-order chi connectivity index (χ0) is 11.7. The van der Waals surface area contributed by atoms with E-state index < -0.39 is 0 Å². The Bertz CT molecular complexity index is 227. The molecule has 3 heteroatoms. The van der Waals surface area contributed by atoms with E-state index in [0.717, 1.165) is 30.5 Å². The third kappa shape index (κ3) is 2.41. The Balaban J connectivity index is 2.16. The van der Waals surface area contributed by atoms with Gasteiger partial charge in [-0.05, 0) is 33.0 Å². The molecule has 0 saturated carbocycles. The second kappa shape index (κ2) is 5.03. The molecule has 16 heavy (non-hydrogen) atoms. The maximum absolute atomic E-state index is 3.75. The minimum absolute atomic E-state index is 0.739. The lowest BCUT2D eigenvalue weighted by Gasteiger charge is -2.43. The van der Waals surface area contributed by atoms with Crippen LogP contribution in [0.2, 0.25) is 0 Å². The molecule has 3 atom stereocenters. The Morgan fingerprint density at radius 3 is 2.62 bits per heavy atom. The number of hydrogen-bond donors (Lipinski definition) is 1. The number of hydrogen-bond acceptors (Lipinski definition) is 3. The Morgan fingerprint density at radius 1 is 1.19 bits per heavy atom. The van der Waals surface area contributed by atoms with Crippen LogP contribution >= 0.6 is 0 Å². The molecule has 2 aliphatic rings. The molecule has 2 aliphatic heterocycles. The normalized spacial score (nSPS) is 38.4. The molecule has 1 unspecified atom stereocenters. The van der Waals surface area contributed by atoms with Gasteiger partial charge in [0.05, 0.1) is 0 Å². The van der Waals surface area contributed by atoms with Crippen molar-refractivity contribution in [2.45, 2.75) is 32.4 Å². The predicted molar refractivity (Wildman–Crippen MR) is 68.7 cm³/mol. The van der Waals surface area contributed by atoms with Gasteiger partial charge >= 0.3 is 0 Å². The maximum atomic E-state index is 3.75. The summed E-state index contributed by atoms with van der Waals surface area (Å²) in [7, 11) is 4.56. The van der Waals surface area contributed by atoms with Crippen LogP contribution in [0.15, 0.2) is 0 Å². The van der Waals surface area contributed by atoms with Gasteiger partial charge in [-0.25, -0.2) is 0 Å². The molecule has 0 aromatic carbocycles. The van der Waals surface area contributed by atoms with Crippen molar-refractivity contribution in [1.29, 1.82) is 0 Å². The van der Waals surface area contributed by atoms with Crippen LogP contribution < -0.4 is 5.32 Å². The monoisotopic (exact) mass is 225 g/mol. The van der Waals surface area contributed by atoms with Gasteiger partial charge in [-0.2, -0.15) is 0 Å². The van der Waals surface area contributed by atoms with Crippen molar-refractivity contribution >= 4 is 0 Å². The fraction of sp³-hybridized carbons (Fsp3) is 1.00. The second-order valence-electron chi connectivity index (χ2n) is 5.99. The van der Waals surface area contributed by atoms with Crippen molar-refractivity contribution < 1.29 is 0 Å². The summed E-state index contributed by atoms with van der Waals surface area (Å²) in [5, 5.41) is 3.75. The van der Waals surface area contributed by atoms with E-state index in [-0.39, 0.29) is 0 Å². The molecule has 2 saturated heterocycles. The largest absolute Gasteiger partial charge is 0.312 e. The maximum Gasteiger partial charge on any atom is 0.0171 e. The van der Waals surface area contributed by atoms with Crippen molar-refractivity contribution in [2.24, 2.45) is 11.8 Å². The number of rotatable bonds is 1. The molecule has 2 rings (SSSR count). The van der Waals surface area contributed by atoms with Gasteiger partial charge in [0.25, 0.3) is 0 Å². The van der Waals surface area contributed by atoms with E-state index in [1.54, 1.807) is 0 Å². The zero-order valence-electron chi connectivity index (χ0n) is 11.2. The van der Waals surface area contributed by atoms with Gasteiger partial charge in [0.1, 0.15) is 0 Å². The number of likely N-dealkylation sites (tertiary alicyclic amines) is 1. The number of nitrogens with zero attached hydrogens (tertiary/aromatic N) is 2. The van der Waals surface area contributed by atoms with Crippen LogP contribution in [0, 0.1) is 11.8 Å². The molecular weight excluding hydrogens is 198 g/mol. The van der Waals surface area contributed by atoms with Crippen LogP contribution in [0.5, 0.6) is 0 Å². The summed E-state index contributed by atoms with van der Waals surface area (Å²) in [5.74, 6) is 1.55. The lowest BCUT2D eigenvalue weighted by molar-refractivity contribution is 0.0760. The highest BCUT2D eigenvalue weighted by Gasteiger charge is 2.38. The Morgan fingerprint density at radius 2 is 1.94 bits per heavy atom. The van der Waals surface area contributed by atoms with Gasteiger partial charge in [-0.15, -0.1) is 0 Å². The SMILES string of the molecule is CC(C)[C@H]1[C@@H]2CN(C)CCC2NCCN1C. The van der Waals surface area contributed by atoms with Gasteiger partial charge in [0, 0.05) is 37.6 Å². The third-order valence-corrected chi connectivity index (χ3v) is 4.36. The van der Waals surface area contributed by atoms with Gasteiger partial charge < -0.3 is 15.1 Å². The minimum atomic E-state index is 0.739. The fourth-order valence-corrected chi connectivity index (χ4v) is 3.66. The van der Waals surface area contributed by atoms with Crippen molar-refractivity contribution in [1.82, 2.24) is 15.1 Å². The molecule has 2 fully saturated rings. The first-order valence-electron chi connectivity index (χ1n) is 6.71. The Kier molecular flexibility index (Phi) is 3.88. The Hall–Kier alpha value is -0.120. The van der Waals surface area contributed by atoms with Crippen molar-refractivity contribution in [3.05, 3.63) is 0 Å². The summed E-state index contributed by atoms with van der Waals surface area (Å²) in [5.41, 5.74) is 0. The molecular formula is C13H27N3. The molecule has 0 aliphatic carbocycles. The van der Waals surface area contributed by atoms with E-state index in [1.165, 1.54) is 26.1 Å². The predicted octanol–water partition coefficient (Wildman–Crippen LogP) is 0.866. The van der Waals surface area contributed by atoms with E-state index in [2.05, 4.69) is 43.1 Å². The molecule has 0 bridgehead atoms. The molecule has 0 radical (unpaired) electrons. The standard InChI is InChI=1S/C13H27N3/c1-10(2)13-11-9-15(3)7-5-12(11)14-6-8-16(13)4/h10-14H,5-9H2,1-4H3/t11-,12?,13+/m1/s1. The Labute approximate surface area is 100 Å². The van der Waals surface area contributed by atoms with E-state index in [1.807, 2.05) is 0 Å². The summed E-state index contributed by atoms with van der Waals surface area (Å²) < 4.78 is 0. The summed E-state index contributed by atoms with van der Waals surface area (Å²) in [6.07, 6.45) is 1.32. The first-order valence-corrected chi connectivity index (χ1v) is 6.71. The number of fused-ring (bicyclic) bond motifs is 1. The summed E-state index contributed by atoms with van der Waals surface area (Å²) in [4.78, 5) is 5.07. The highest BCUT2D eigenvalue weighted by atomic mass is 15.2. The van der Waals surface area contributed by atoms with E-state index >= 15 is 0 Å². The molecule has 2 heterocycles. The number of piperidine rings is 1. The molecule has 0 amide bonds. The molecule has 0 spiro atoms. The molecule has 1 N–H and O–H groups in total. The smallest absolute Gasteiger partial charge is 0.0171 e. The van der Waals surface area contributed by atoms with Gasteiger partial charge in [-0.3, -0.25) is 0 Å². The molecule has 0 aromatic heterocycles. The lowest BCUT2D eigenvalue weighted by atomic mass is 9.81. The van der Waals surface area contributed by atoms with Gasteiger partial charge in [0.15, 0.2) is 0 Å². The first kappa shape index (κ1) is 12.3. The molecule has 94 valence electrons. The van der Waals surface area contributed by atoms with Crippen LogP contribution in [0.25, 0.3) is 0 Å². The highest BCUT2D eigenvalue weighted by molar-refractivity contribution is 4.95. The summed E-state index contributed by atoms with van der Waals surface area (Å²) in [6.45, 7) is 9.61. The highest BCUT2D eigenvalue weighted by Crippen LogP contribution is 2.28. The summed E-state index contributed by atoms with van der Waals surface area (Å²) in [6, 6.07) is 1.48. The quantitative estimate of drug-likeness (QED) is 0.714. The molecule has 3 nitrogen and oxygen atoms in total. The fourth-order valence-electron chi connectivity index (χ4n) is 3.66. The zero-order valence-corrected chi connectivity index (χ0v) is 11.2. The average Bonchev–Trinajstić information content (AvgIpc) is 2.35. The van der Waals surface area contributed by atoms with E-state index in [4.69, 9.17) is 0 Å². The van der Waals surface area contributed by atoms with Crippen LogP contribution in [-0.4, -0.2) is 62.2 Å². The summed E-state index contributed by atoms with van der Waals surface area (Å²) >= 11 is 0. The average molecular weight is 225 g/mol. The number of likely N-dealkylation sites (N-methyl/N-ethyl adjacent to an activating group) is 1. The van der Waals surface area contributed by atoms with Crippen LogP contribution in [0.3, 0.4) is 0 Å². The van der Waals surface area contributed by atoms with Crippen molar-refractivity contribution in [3.8, 4) is 0 Å². The topological polar surface area (TPSA) is 18.5 Å². The number of nitrogens with one attached hydrogen (secondary N) is 1. The van der Waals surface area contributed by atoms with Crippen molar-refractivity contribution in [2.75, 3.05) is 40.3 Å². The van der Waals surface area contributed by atoms with Crippen LogP contribution in [0.4, 0.5) is 0 Å². The lowest BCUT2D eigenvalue weighted by Crippen LogP contribution is -2.54. The van der Waals surface area contributed by atoms with Crippen LogP contribution in [0.1, 0.15) is 20.3 Å². The second-order valence-corrected chi connectivity index (χ2v) is 5.99. The van der Waals surface area contributed by atoms with Crippen LogP contribution in [-0.2, 0) is 0 Å². The molecule has 0 aromatic rings.